The molecule has 0 aliphatic carbocycles. The zero-order valence-electron chi connectivity index (χ0n) is 29.6. The Morgan fingerprint density at radius 3 is 1.94 bits per heavy atom. The van der Waals surface area contributed by atoms with Crippen molar-refractivity contribution in [2.24, 2.45) is 0 Å². The van der Waals surface area contributed by atoms with Crippen molar-refractivity contribution in [1.29, 1.82) is 0 Å². The molecule has 6 atom stereocenters. The molecule has 1 fully saturated rings. The van der Waals surface area contributed by atoms with Crippen LogP contribution in [0.1, 0.15) is 98.0 Å². The molecule has 0 radical (unpaired) electrons. The fourth-order valence-corrected chi connectivity index (χ4v) is 5.23. The highest BCUT2D eigenvalue weighted by Crippen LogP contribution is 2.39. The first kappa shape index (κ1) is 41.8. The molecule has 0 spiro atoms. The van der Waals surface area contributed by atoms with Gasteiger partial charge in [0.15, 0.2) is 6.10 Å². The van der Waals surface area contributed by atoms with E-state index < -0.39 is 61.0 Å². The minimum absolute atomic E-state index is 0.0179. The minimum Gasteiger partial charge on any atom is -0.464 e. The van der Waals surface area contributed by atoms with Gasteiger partial charge in [0.1, 0.15) is 37.1 Å². The summed E-state index contributed by atoms with van der Waals surface area (Å²) in [4.78, 5) is 25.7. The first-order valence-electron chi connectivity index (χ1n) is 17.8. The molecule has 48 heavy (non-hydrogen) atoms. The second-order valence-electron chi connectivity index (χ2n) is 12.1. The standard InChI is InChI=1S/C36H59F2NO9/c1-6-11-20-42-26-29-30(44-21-12-7-2)31(45-22-13-8-3)32(46-23-14-9-4)33(48-29)36(37,38)24-28(34(40)43-10-5)39-35(41)47-25-27-18-16-15-17-19-27/h15-19,28-33H,6-14,20-26H2,1-5H3,(H,39,41)/t28-,29-,30+,31+,32-,33-/m1/s1. The van der Waals surface area contributed by atoms with E-state index in [9.17, 15) is 9.59 Å². The first-order chi connectivity index (χ1) is 23.2. The zero-order chi connectivity index (χ0) is 35.2. The van der Waals surface area contributed by atoms with Crippen molar-refractivity contribution < 1.29 is 51.5 Å². The number of alkyl halides is 2. The molecule has 1 N–H and O–H groups in total. The number of hydrogen-bond donors (Lipinski definition) is 1. The van der Waals surface area contributed by atoms with Crippen LogP contribution in [0, 0.1) is 0 Å². The monoisotopic (exact) mass is 687 g/mol. The second kappa shape index (κ2) is 23.9. The number of alkyl carbamates (subject to hydrolysis) is 1. The quantitative estimate of drug-likeness (QED) is 0.0858. The third-order valence-electron chi connectivity index (χ3n) is 7.95. The highest BCUT2D eigenvalue weighted by molar-refractivity contribution is 5.81. The van der Waals surface area contributed by atoms with E-state index in [2.05, 4.69) is 5.32 Å². The van der Waals surface area contributed by atoms with E-state index in [-0.39, 0.29) is 26.4 Å². The van der Waals surface area contributed by atoms with Crippen LogP contribution in [0.15, 0.2) is 30.3 Å². The predicted octanol–water partition coefficient (Wildman–Crippen LogP) is 7.01. The highest BCUT2D eigenvalue weighted by Gasteiger charge is 2.58. The summed E-state index contributed by atoms with van der Waals surface area (Å²) in [5.74, 6) is -4.70. The lowest BCUT2D eigenvalue weighted by atomic mass is 9.88. The molecule has 1 saturated heterocycles. The summed E-state index contributed by atoms with van der Waals surface area (Å²) in [5, 5.41) is 2.30. The maximum absolute atomic E-state index is 16.7. The Bertz CT molecular complexity index is 1000. The maximum Gasteiger partial charge on any atom is 0.408 e. The molecule has 10 nitrogen and oxygen atoms in total. The van der Waals surface area contributed by atoms with Crippen molar-refractivity contribution >= 4 is 12.1 Å². The summed E-state index contributed by atoms with van der Waals surface area (Å²) in [6.07, 6.45) is -1.33. The molecule has 1 aliphatic rings. The molecule has 1 aromatic carbocycles. The third-order valence-corrected chi connectivity index (χ3v) is 7.95. The van der Waals surface area contributed by atoms with E-state index >= 15 is 8.78 Å². The molecule has 1 amide bonds. The lowest BCUT2D eigenvalue weighted by molar-refractivity contribution is -0.306. The summed E-state index contributed by atoms with van der Waals surface area (Å²) in [5.41, 5.74) is 0.699. The van der Waals surface area contributed by atoms with Crippen LogP contribution in [0.4, 0.5) is 13.6 Å². The molecule has 1 aromatic rings. The molecule has 0 saturated carbocycles. The third kappa shape index (κ3) is 14.6. The van der Waals surface area contributed by atoms with Crippen LogP contribution in [0.2, 0.25) is 0 Å². The summed E-state index contributed by atoms with van der Waals surface area (Å²) < 4.78 is 74.6. The van der Waals surface area contributed by atoms with Crippen LogP contribution in [-0.4, -0.2) is 94.2 Å². The molecule has 1 heterocycles. The molecular formula is C36H59F2NO9. The number of benzene rings is 1. The van der Waals surface area contributed by atoms with Crippen molar-refractivity contribution in [3.8, 4) is 0 Å². The fourth-order valence-electron chi connectivity index (χ4n) is 5.23. The number of carbonyl (C=O) groups is 2. The smallest absolute Gasteiger partial charge is 0.408 e. The maximum atomic E-state index is 16.7. The van der Waals surface area contributed by atoms with E-state index in [1.807, 2.05) is 33.8 Å². The number of unbranched alkanes of at least 4 members (excludes halogenated alkanes) is 4. The zero-order valence-corrected chi connectivity index (χ0v) is 29.6. The van der Waals surface area contributed by atoms with E-state index in [0.29, 0.717) is 31.8 Å². The molecule has 0 bridgehead atoms. The number of esters is 1. The SMILES string of the molecule is CCCCOC[C@H]1O[C@@H](C(F)(F)C[C@@H](NC(=O)OCc2ccccc2)C(=O)OCC)[C@H](OCCCC)[C@@H](OCCCC)[C@H]1OCCCC. The number of carbonyl (C=O) groups excluding carboxylic acids is 2. The molecule has 0 aromatic heterocycles. The van der Waals surface area contributed by atoms with Gasteiger partial charge in [-0.15, -0.1) is 0 Å². The van der Waals surface area contributed by atoms with Gasteiger partial charge in [0, 0.05) is 32.8 Å². The predicted molar refractivity (Wildman–Crippen MR) is 178 cm³/mol. The summed E-state index contributed by atoms with van der Waals surface area (Å²) in [6.45, 7) is 10.9. The van der Waals surface area contributed by atoms with Gasteiger partial charge in [-0.05, 0) is 38.2 Å². The molecule has 0 unspecified atom stereocenters. The first-order valence-corrected chi connectivity index (χ1v) is 17.8. The van der Waals surface area contributed by atoms with E-state index in [0.717, 1.165) is 44.9 Å². The molecule has 2 rings (SSSR count). The lowest BCUT2D eigenvalue weighted by Crippen LogP contribution is -2.66. The number of amides is 1. The Kier molecular flexibility index (Phi) is 20.8. The van der Waals surface area contributed by atoms with Gasteiger partial charge >= 0.3 is 12.1 Å². The lowest BCUT2D eigenvalue weighted by Gasteiger charge is -2.48. The van der Waals surface area contributed by atoms with Crippen molar-refractivity contribution in [3.05, 3.63) is 35.9 Å². The minimum atomic E-state index is -3.69. The van der Waals surface area contributed by atoms with Crippen LogP contribution in [0.5, 0.6) is 0 Å². The van der Waals surface area contributed by atoms with Crippen molar-refractivity contribution in [1.82, 2.24) is 5.32 Å². The number of rotatable bonds is 25. The van der Waals surface area contributed by atoms with E-state index in [4.69, 9.17) is 33.2 Å². The number of nitrogens with one attached hydrogen (secondary N) is 1. The van der Waals surface area contributed by atoms with Gasteiger partial charge in [0.25, 0.3) is 5.92 Å². The van der Waals surface area contributed by atoms with Crippen molar-refractivity contribution in [2.45, 2.75) is 141 Å². The van der Waals surface area contributed by atoms with Crippen molar-refractivity contribution in [3.63, 3.8) is 0 Å². The average molecular weight is 688 g/mol. The van der Waals surface area contributed by atoms with Gasteiger partial charge in [-0.25, -0.2) is 18.4 Å². The number of hydrogen-bond acceptors (Lipinski definition) is 9. The highest BCUT2D eigenvalue weighted by atomic mass is 19.3. The normalized spacial score (nSPS) is 21.9. The van der Waals surface area contributed by atoms with Crippen LogP contribution < -0.4 is 5.32 Å². The van der Waals surface area contributed by atoms with Gasteiger partial charge in [-0.1, -0.05) is 83.7 Å². The fraction of sp³-hybridized carbons (Fsp3) is 0.778. The number of halogens is 2. The topological polar surface area (TPSA) is 111 Å². The summed E-state index contributed by atoms with van der Waals surface area (Å²) in [7, 11) is 0. The van der Waals surface area contributed by atoms with Crippen LogP contribution in [0.3, 0.4) is 0 Å². The molecular weight excluding hydrogens is 628 g/mol. The van der Waals surface area contributed by atoms with Gasteiger partial charge < -0.3 is 38.5 Å². The van der Waals surface area contributed by atoms with Crippen LogP contribution in [-0.2, 0) is 44.6 Å². The molecule has 1 aliphatic heterocycles. The van der Waals surface area contributed by atoms with Gasteiger partial charge in [0.05, 0.1) is 13.2 Å². The Balaban J connectivity index is 2.42. The Labute approximate surface area is 285 Å². The Morgan fingerprint density at radius 2 is 1.35 bits per heavy atom. The van der Waals surface area contributed by atoms with Gasteiger partial charge in [-0.3, -0.25) is 0 Å². The second-order valence-corrected chi connectivity index (χ2v) is 12.1. The van der Waals surface area contributed by atoms with Gasteiger partial charge in [0.2, 0.25) is 0 Å². The summed E-state index contributed by atoms with van der Waals surface area (Å²) >= 11 is 0. The molecule has 12 heteroatoms. The summed E-state index contributed by atoms with van der Waals surface area (Å²) in [6, 6.07) is 7.16. The van der Waals surface area contributed by atoms with Crippen LogP contribution in [0.25, 0.3) is 0 Å². The Hall–Kier alpha value is -2.38. The van der Waals surface area contributed by atoms with Crippen molar-refractivity contribution in [2.75, 3.05) is 39.6 Å². The average Bonchev–Trinajstić information content (AvgIpc) is 3.07. The number of ether oxygens (including phenoxy) is 7. The van der Waals surface area contributed by atoms with E-state index in [1.165, 1.54) is 0 Å². The Morgan fingerprint density at radius 1 is 0.792 bits per heavy atom. The van der Waals surface area contributed by atoms with Gasteiger partial charge in [-0.2, -0.15) is 0 Å². The van der Waals surface area contributed by atoms with E-state index in [1.54, 1.807) is 31.2 Å². The van der Waals surface area contributed by atoms with Crippen LogP contribution >= 0.6 is 0 Å². The largest absolute Gasteiger partial charge is 0.464 e. The molecule has 276 valence electrons.